The molecule has 1 N–H and O–H groups in total. The maximum absolute atomic E-state index is 4.02. The van der Waals surface area contributed by atoms with E-state index in [1.165, 1.54) is 12.8 Å². The van der Waals surface area contributed by atoms with Gasteiger partial charge in [-0.2, -0.15) is 0 Å². The molecule has 3 nitrogen and oxygen atoms in total. The van der Waals surface area contributed by atoms with Gasteiger partial charge in [-0.1, -0.05) is 25.2 Å². The van der Waals surface area contributed by atoms with E-state index < -0.39 is 0 Å². The smallest absolute Gasteiger partial charge is 0.206 e. The molecule has 2 rings (SSSR count). The molecule has 0 amide bonds. The van der Waals surface area contributed by atoms with Crippen molar-refractivity contribution in [2.45, 2.75) is 32.7 Å². The number of nitrogens with zero attached hydrogens (tertiary/aromatic N) is 2. The lowest BCUT2D eigenvalue weighted by Crippen LogP contribution is -2.37. The molecule has 0 atom stereocenters. The molecule has 0 saturated heterocycles. The Morgan fingerprint density at radius 2 is 2.14 bits per heavy atom. The topological polar surface area (TPSA) is 37.8 Å². The summed E-state index contributed by atoms with van der Waals surface area (Å²) in [4.78, 5) is 0. The fraction of sp³-hybridized carbons (Fsp3) is 0.778. The van der Waals surface area contributed by atoms with Crippen molar-refractivity contribution in [3.8, 4) is 0 Å². The van der Waals surface area contributed by atoms with Gasteiger partial charge in [-0.25, -0.2) is 0 Å². The monoisotopic (exact) mass is 275 g/mol. The Morgan fingerprint density at radius 1 is 1.43 bits per heavy atom. The Labute approximate surface area is 96.4 Å². The van der Waals surface area contributed by atoms with E-state index in [4.69, 9.17) is 0 Å². The Hall–Kier alpha value is -0.160. The van der Waals surface area contributed by atoms with E-state index in [0.717, 1.165) is 20.9 Å². The Kier molecular flexibility index (Phi) is 3.07. The SMILES string of the molecule is CC(C)C1CC(Nc2nnc(Br)s2)C1. The Balaban J connectivity index is 1.79. The molecule has 1 aromatic heterocycles. The molecule has 5 heteroatoms. The van der Waals surface area contributed by atoms with Crippen LogP contribution in [0.15, 0.2) is 3.92 Å². The summed E-state index contributed by atoms with van der Waals surface area (Å²) < 4.78 is 0.847. The van der Waals surface area contributed by atoms with E-state index >= 15 is 0 Å². The zero-order valence-electron chi connectivity index (χ0n) is 8.33. The van der Waals surface area contributed by atoms with Crippen LogP contribution in [-0.2, 0) is 0 Å². The number of hydrogen-bond donors (Lipinski definition) is 1. The second-order valence-corrected chi connectivity index (χ2v) is 6.43. The van der Waals surface area contributed by atoms with Gasteiger partial charge in [0.2, 0.25) is 5.13 Å². The van der Waals surface area contributed by atoms with Crippen LogP contribution in [-0.4, -0.2) is 16.2 Å². The van der Waals surface area contributed by atoms with Crippen LogP contribution in [0.4, 0.5) is 5.13 Å². The van der Waals surface area contributed by atoms with Gasteiger partial charge in [0.05, 0.1) is 0 Å². The van der Waals surface area contributed by atoms with Crippen LogP contribution in [0.2, 0.25) is 0 Å². The highest BCUT2D eigenvalue weighted by molar-refractivity contribution is 9.11. The van der Waals surface area contributed by atoms with Crippen molar-refractivity contribution in [1.29, 1.82) is 0 Å². The summed E-state index contributed by atoms with van der Waals surface area (Å²) in [6.07, 6.45) is 2.55. The molecule has 14 heavy (non-hydrogen) atoms. The maximum Gasteiger partial charge on any atom is 0.206 e. The van der Waals surface area contributed by atoms with Crippen molar-refractivity contribution in [2.75, 3.05) is 5.32 Å². The van der Waals surface area contributed by atoms with Gasteiger partial charge in [-0.3, -0.25) is 0 Å². The van der Waals surface area contributed by atoms with Gasteiger partial charge in [-0.15, -0.1) is 10.2 Å². The Bertz CT molecular complexity index is 307. The molecule has 1 fully saturated rings. The van der Waals surface area contributed by atoms with E-state index in [0.29, 0.717) is 6.04 Å². The fourth-order valence-corrected chi connectivity index (χ4v) is 2.85. The molecule has 0 aliphatic heterocycles. The molecule has 1 saturated carbocycles. The predicted octanol–water partition coefficient (Wildman–Crippen LogP) is 3.15. The molecule has 0 bridgehead atoms. The molecule has 1 aromatic rings. The molecular weight excluding hydrogens is 262 g/mol. The van der Waals surface area contributed by atoms with Crippen LogP contribution in [0.3, 0.4) is 0 Å². The summed E-state index contributed by atoms with van der Waals surface area (Å²) in [6, 6.07) is 0.613. The van der Waals surface area contributed by atoms with Gasteiger partial charge in [0.1, 0.15) is 0 Å². The zero-order chi connectivity index (χ0) is 10.1. The maximum atomic E-state index is 4.02. The van der Waals surface area contributed by atoms with Gasteiger partial charge in [0.25, 0.3) is 0 Å². The summed E-state index contributed by atoms with van der Waals surface area (Å²) in [6.45, 7) is 4.59. The van der Waals surface area contributed by atoms with Crippen LogP contribution in [0.25, 0.3) is 0 Å². The van der Waals surface area contributed by atoms with E-state index in [1.54, 1.807) is 11.3 Å². The Morgan fingerprint density at radius 3 is 2.64 bits per heavy atom. The van der Waals surface area contributed by atoms with Gasteiger partial charge < -0.3 is 5.32 Å². The average Bonchev–Trinajstić information content (AvgIpc) is 2.42. The van der Waals surface area contributed by atoms with Gasteiger partial charge in [0, 0.05) is 6.04 Å². The predicted molar refractivity (Wildman–Crippen MR) is 62.6 cm³/mol. The molecule has 0 radical (unpaired) electrons. The number of halogens is 1. The normalized spacial score (nSPS) is 26.3. The third kappa shape index (κ3) is 2.25. The van der Waals surface area contributed by atoms with Crippen molar-refractivity contribution in [2.24, 2.45) is 11.8 Å². The summed E-state index contributed by atoms with van der Waals surface area (Å²) >= 11 is 4.86. The highest BCUT2D eigenvalue weighted by Gasteiger charge is 2.31. The minimum absolute atomic E-state index is 0.613. The number of hydrogen-bond acceptors (Lipinski definition) is 4. The van der Waals surface area contributed by atoms with Crippen LogP contribution >= 0.6 is 27.3 Å². The standard InChI is InChI=1S/C9H14BrN3S/c1-5(2)6-3-7(4-6)11-9-13-12-8(10)14-9/h5-7H,3-4H2,1-2H3,(H,11,13). The second kappa shape index (κ2) is 4.14. The van der Waals surface area contributed by atoms with Crippen LogP contribution in [0.1, 0.15) is 26.7 Å². The van der Waals surface area contributed by atoms with Crippen molar-refractivity contribution in [3.63, 3.8) is 0 Å². The third-order valence-electron chi connectivity index (χ3n) is 2.85. The van der Waals surface area contributed by atoms with Crippen molar-refractivity contribution >= 4 is 32.4 Å². The van der Waals surface area contributed by atoms with Crippen LogP contribution in [0.5, 0.6) is 0 Å². The van der Waals surface area contributed by atoms with Gasteiger partial charge >= 0.3 is 0 Å². The lowest BCUT2D eigenvalue weighted by molar-refractivity contribution is 0.211. The summed E-state index contributed by atoms with van der Waals surface area (Å²) in [5.74, 6) is 1.71. The van der Waals surface area contributed by atoms with Gasteiger partial charge in [-0.05, 0) is 40.6 Å². The number of nitrogens with one attached hydrogen (secondary N) is 1. The van der Waals surface area contributed by atoms with Crippen molar-refractivity contribution < 1.29 is 0 Å². The second-order valence-electron chi connectivity index (χ2n) is 4.18. The summed E-state index contributed by atoms with van der Waals surface area (Å²) in [7, 11) is 0. The van der Waals surface area contributed by atoms with E-state index in [2.05, 4.69) is 45.3 Å². The lowest BCUT2D eigenvalue weighted by atomic mass is 9.74. The third-order valence-corrected chi connectivity index (χ3v) is 4.13. The van der Waals surface area contributed by atoms with Crippen LogP contribution < -0.4 is 5.32 Å². The number of aromatic nitrogens is 2. The molecule has 78 valence electrons. The largest absolute Gasteiger partial charge is 0.357 e. The fourth-order valence-electron chi connectivity index (χ4n) is 1.76. The highest BCUT2D eigenvalue weighted by Crippen LogP contribution is 2.36. The average molecular weight is 276 g/mol. The molecule has 1 aliphatic carbocycles. The van der Waals surface area contributed by atoms with E-state index in [9.17, 15) is 0 Å². The minimum Gasteiger partial charge on any atom is -0.357 e. The van der Waals surface area contributed by atoms with E-state index in [-0.39, 0.29) is 0 Å². The molecule has 0 spiro atoms. The molecule has 0 aromatic carbocycles. The quantitative estimate of drug-likeness (QED) is 0.921. The summed E-state index contributed by atoms with van der Waals surface area (Å²) in [5, 5.41) is 12.3. The lowest BCUT2D eigenvalue weighted by Gasteiger charge is -2.38. The zero-order valence-corrected chi connectivity index (χ0v) is 10.7. The first kappa shape index (κ1) is 10.4. The highest BCUT2D eigenvalue weighted by atomic mass is 79.9. The first-order valence-electron chi connectivity index (χ1n) is 4.90. The van der Waals surface area contributed by atoms with Crippen LogP contribution in [0, 0.1) is 11.8 Å². The number of rotatable bonds is 3. The minimum atomic E-state index is 0.613. The van der Waals surface area contributed by atoms with Crippen molar-refractivity contribution in [1.82, 2.24) is 10.2 Å². The first-order chi connectivity index (χ1) is 6.65. The van der Waals surface area contributed by atoms with Gasteiger partial charge in [0.15, 0.2) is 3.92 Å². The van der Waals surface area contributed by atoms with E-state index in [1.807, 2.05) is 0 Å². The molecule has 0 unspecified atom stereocenters. The van der Waals surface area contributed by atoms with Crippen molar-refractivity contribution in [3.05, 3.63) is 3.92 Å². The number of anilines is 1. The first-order valence-corrected chi connectivity index (χ1v) is 6.51. The molecular formula is C9H14BrN3S. The molecule has 1 heterocycles. The summed E-state index contributed by atoms with van der Waals surface area (Å²) in [5.41, 5.74) is 0. The molecule has 1 aliphatic rings.